The molecule has 0 spiro atoms. The normalized spacial score (nSPS) is 16.2. The number of carbonyl (C=O) groups is 2. The molecule has 2 rings (SSSR count). The number of carbonyl (C=O) groups excluding carboxylic acids is 2. The summed E-state index contributed by atoms with van der Waals surface area (Å²) in [6.07, 6.45) is 1.37. The first kappa shape index (κ1) is 21.2. The predicted molar refractivity (Wildman–Crippen MR) is 90.0 cm³/mol. The van der Waals surface area contributed by atoms with Crippen molar-refractivity contribution in [3.63, 3.8) is 0 Å². The van der Waals surface area contributed by atoms with E-state index in [0.29, 0.717) is 25.9 Å². The van der Waals surface area contributed by atoms with E-state index in [2.05, 4.69) is 10.6 Å². The second-order valence-electron chi connectivity index (χ2n) is 5.72. The second-order valence-corrected chi connectivity index (χ2v) is 5.72. The molecule has 0 aromatic heterocycles. The highest BCUT2D eigenvalue weighted by Crippen LogP contribution is 2.19. The van der Waals surface area contributed by atoms with Crippen LogP contribution in [0.25, 0.3) is 0 Å². The smallest absolute Gasteiger partial charge is 0.244 e. The molecule has 2 amide bonds. The van der Waals surface area contributed by atoms with E-state index in [1.54, 1.807) is 0 Å². The first-order valence-corrected chi connectivity index (χ1v) is 7.86. The number of anilines is 1. The van der Waals surface area contributed by atoms with Crippen molar-refractivity contribution >= 4 is 29.9 Å². The minimum Gasteiger partial charge on any atom is -0.333 e. The van der Waals surface area contributed by atoms with Crippen molar-refractivity contribution in [2.75, 3.05) is 31.5 Å². The van der Waals surface area contributed by atoms with Gasteiger partial charge in [0.05, 0.1) is 18.2 Å². The van der Waals surface area contributed by atoms with Crippen LogP contribution in [0.2, 0.25) is 0 Å². The van der Waals surface area contributed by atoms with E-state index in [1.165, 1.54) is 4.90 Å². The highest BCUT2D eigenvalue weighted by molar-refractivity contribution is 5.95. The number of nitrogens with zero attached hydrogens (tertiary/aromatic N) is 1. The van der Waals surface area contributed by atoms with E-state index >= 15 is 0 Å². The fourth-order valence-electron chi connectivity index (χ4n) is 2.65. The summed E-state index contributed by atoms with van der Waals surface area (Å²) in [6, 6.07) is 1.67. The molecule has 2 N–H and O–H groups in total. The van der Waals surface area contributed by atoms with Gasteiger partial charge < -0.3 is 15.5 Å². The zero-order chi connectivity index (χ0) is 17.7. The van der Waals surface area contributed by atoms with Crippen LogP contribution >= 0.6 is 12.4 Å². The van der Waals surface area contributed by atoms with E-state index < -0.39 is 29.0 Å². The quantitative estimate of drug-likeness (QED) is 0.746. The van der Waals surface area contributed by atoms with Gasteiger partial charge in [-0.15, -0.1) is 12.4 Å². The molecule has 1 aromatic rings. The molecule has 0 radical (unpaired) electrons. The SMILES string of the molecule is CCCN(CC(=O)Nc1ccc(F)c(F)c1F)C(=O)C1CCNC1.Cl. The van der Waals surface area contributed by atoms with Gasteiger partial charge >= 0.3 is 0 Å². The van der Waals surface area contributed by atoms with Crippen LogP contribution in [0.1, 0.15) is 19.8 Å². The lowest BCUT2D eigenvalue weighted by Gasteiger charge is -2.24. The molecule has 0 bridgehead atoms. The molecule has 1 aliphatic rings. The van der Waals surface area contributed by atoms with Gasteiger partial charge in [0.15, 0.2) is 17.5 Å². The number of benzene rings is 1. The Bertz CT molecular complexity index is 625. The Kier molecular flexibility index (Phi) is 8.18. The molecular weight excluding hydrogens is 359 g/mol. The Labute approximate surface area is 150 Å². The van der Waals surface area contributed by atoms with Crippen LogP contribution in [0.4, 0.5) is 18.9 Å². The second kappa shape index (κ2) is 9.62. The third-order valence-electron chi connectivity index (χ3n) is 3.86. The van der Waals surface area contributed by atoms with Gasteiger partial charge in [-0.05, 0) is 31.5 Å². The van der Waals surface area contributed by atoms with Gasteiger partial charge in [-0.3, -0.25) is 9.59 Å². The molecule has 25 heavy (non-hydrogen) atoms. The van der Waals surface area contributed by atoms with Crippen LogP contribution in [-0.4, -0.2) is 42.9 Å². The summed E-state index contributed by atoms with van der Waals surface area (Å²) in [5, 5.41) is 5.27. The highest BCUT2D eigenvalue weighted by atomic mass is 35.5. The first-order valence-electron chi connectivity index (χ1n) is 7.86. The van der Waals surface area contributed by atoms with Crippen LogP contribution in [0.15, 0.2) is 12.1 Å². The maximum Gasteiger partial charge on any atom is 0.244 e. The Morgan fingerprint density at radius 2 is 2.00 bits per heavy atom. The molecule has 1 atom stereocenters. The van der Waals surface area contributed by atoms with E-state index in [-0.39, 0.29) is 30.8 Å². The van der Waals surface area contributed by atoms with Crippen LogP contribution in [-0.2, 0) is 9.59 Å². The van der Waals surface area contributed by atoms with Gasteiger partial charge in [0.25, 0.3) is 0 Å². The van der Waals surface area contributed by atoms with Gasteiger partial charge in [0.1, 0.15) is 0 Å². The average Bonchev–Trinajstić information content (AvgIpc) is 3.09. The number of halogens is 4. The summed E-state index contributed by atoms with van der Waals surface area (Å²) in [6.45, 7) is 3.33. The van der Waals surface area contributed by atoms with Gasteiger partial charge in [0, 0.05) is 13.1 Å². The van der Waals surface area contributed by atoms with Gasteiger partial charge in [-0.1, -0.05) is 6.92 Å². The highest BCUT2D eigenvalue weighted by Gasteiger charge is 2.28. The number of hydrogen-bond acceptors (Lipinski definition) is 3. The molecular formula is C16H21ClF3N3O2. The molecule has 0 saturated carbocycles. The Balaban J connectivity index is 0.00000312. The maximum absolute atomic E-state index is 13.6. The molecule has 140 valence electrons. The van der Waals surface area contributed by atoms with Crippen molar-refractivity contribution in [2.24, 2.45) is 5.92 Å². The van der Waals surface area contributed by atoms with Crippen LogP contribution in [0.5, 0.6) is 0 Å². The lowest BCUT2D eigenvalue weighted by Crippen LogP contribution is -2.42. The van der Waals surface area contributed by atoms with Crippen molar-refractivity contribution in [2.45, 2.75) is 19.8 Å². The Morgan fingerprint density at radius 3 is 2.60 bits per heavy atom. The summed E-state index contributed by atoms with van der Waals surface area (Å²) < 4.78 is 39.7. The Morgan fingerprint density at radius 1 is 1.28 bits per heavy atom. The van der Waals surface area contributed by atoms with E-state index in [9.17, 15) is 22.8 Å². The summed E-state index contributed by atoms with van der Waals surface area (Å²) in [5.41, 5.74) is -0.453. The first-order chi connectivity index (χ1) is 11.4. The lowest BCUT2D eigenvalue weighted by molar-refractivity contribution is -0.137. The van der Waals surface area contributed by atoms with Gasteiger partial charge in [-0.25, -0.2) is 13.2 Å². The molecule has 0 aliphatic carbocycles. The monoisotopic (exact) mass is 379 g/mol. The molecule has 1 unspecified atom stereocenters. The minimum atomic E-state index is -1.65. The lowest BCUT2D eigenvalue weighted by atomic mass is 10.1. The molecule has 1 aliphatic heterocycles. The van der Waals surface area contributed by atoms with Crippen molar-refractivity contribution in [1.29, 1.82) is 0 Å². The van der Waals surface area contributed by atoms with Crippen molar-refractivity contribution in [1.82, 2.24) is 10.2 Å². The third-order valence-corrected chi connectivity index (χ3v) is 3.86. The Hall–Kier alpha value is -1.80. The number of amides is 2. The third kappa shape index (κ3) is 5.34. The van der Waals surface area contributed by atoms with Crippen LogP contribution in [0, 0.1) is 23.4 Å². The standard InChI is InChI=1S/C16H20F3N3O2.ClH/c1-2-7-22(16(24)10-5-6-20-8-10)9-13(23)21-12-4-3-11(17)14(18)15(12)19;/h3-4,10,20H,2,5-9H2,1H3,(H,21,23);1H. The zero-order valence-corrected chi connectivity index (χ0v) is 14.6. The van der Waals surface area contributed by atoms with Gasteiger partial charge in [-0.2, -0.15) is 0 Å². The van der Waals surface area contributed by atoms with Crippen LogP contribution in [0.3, 0.4) is 0 Å². The molecule has 1 aromatic carbocycles. The maximum atomic E-state index is 13.6. The number of hydrogen-bond donors (Lipinski definition) is 2. The molecule has 1 saturated heterocycles. The summed E-state index contributed by atoms with van der Waals surface area (Å²) in [5.74, 6) is -5.41. The fourth-order valence-corrected chi connectivity index (χ4v) is 2.65. The molecule has 5 nitrogen and oxygen atoms in total. The molecule has 1 fully saturated rings. The largest absolute Gasteiger partial charge is 0.333 e. The summed E-state index contributed by atoms with van der Waals surface area (Å²) in [4.78, 5) is 25.9. The fraction of sp³-hybridized carbons (Fsp3) is 0.500. The van der Waals surface area contributed by atoms with Crippen molar-refractivity contribution < 1.29 is 22.8 Å². The van der Waals surface area contributed by atoms with Crippen LogP contribution < -0.4 is 10.6 Å². The van der Waals surface area contributed by atoms with Gasteiger partial charge in [0.2, 0.25) is 11.8 Å². The summed E-state index contributed by atoms with van der Waals surface area (Å²) in [7, 11) is 0. The van der Waals surface area contributed by atoms with Crippen molar-refractivity contribution in [3.05, 3.63) is 29.6 Å². The van der Waals surface area contributed by atoms with E-state index in [1.807, 2.05) is 6.92 Å². The van der Waals surface area contributed by atoms with Crippen molar-refractivity contribution in [3.8, 4) is 0 Å². The topological polar surface area (TPSA) is 61.4 Å². The molecule has 1 heterocycles. The van der Waals surface area contributed by atoms with E-state index in [0.717, 1.165) is 18.7 Å². The minimum absolute atomic E-state index is 0. The summed E-state index contributed by atoms with van der Waals surface area (Å²) >= 11 is 0. The number of rotatable bonds is 6. The average molecular weight is 380 g/mol. The molecule has 9 heteroatoms. The zero-order valence-electron chi connectivity index (χ0n) is 13.8. The predicted octanol–water partition coefficient (Wildman–Crippen LogP) is 2.31. The number of nitrogens with one attached hydrogen (secondary N) is 2. The van der Waals surface area contributed by atoms with E-state index in [4.69, 9.17) is 0 Å².